The monoisotopic (exact) mass is 429 g/mol. The molecule has 29 heavy (non-hydrogen) atoms. The summed E-state index contributed by atoms with van der Waals surface area (Å²) in [5.74, 6) is -1.03. The van der Waals surface area contributed by atoms with Crippen LogP contribution in [0, 0.1) is 5.41 Å². The largest absolute Gasteiger partial charge is 0.464 e. The summed E-state index contributed by atoms with van der Waals surface area (Å²) >= 11 is 0. The molecule has 164 valence electrons. The third-order valence-corrected chi connectivity index (χ3v) is 5.29. The van der Waals surface area contributed by atoms with Crippen LogP contribution in [-0.4, -0.2) is 51.9 Å². The van der Waals surface area contributed by atoms with E-state index in [1.54, 1.807) is 20.8 Å². The highest BCUT2D eigenvalue weighted by atomic mass is 32.2. The van der Waals surface area contributed by atoms with Gasteiger partial charge in [-0.2, -0.15) is 8.42 Å². The molecule has 8 nitrogen and oxygen atoms in total. The predicted octanol–water partition coefficient (Wildman–Crippen LogP) is 2.03. The number of carbonyl (C=O) groups is 2. The van der Waals surface area contributed by atoms with Gasteiger partial charge in [-0.15, -0.1) is 0 Å². The molecule has 1 N–H and O–H groups in total. The molecule has 0 heterocycles. The molecule has 0 aromatic heterocycles. The Morgan fingerprint density at radius 2 is 1.83 bits per heavy atom. The lowest BCUT2D eigenvalue weighted by Gasteiger charge is -2.32. The highest BCUT2D eigenvalue weighted by Crippen LogP contribution is 2.27. The average Bonchev–Trinajstić information content (AvgIpc) is 2.65. The molecule has 1 atom stereocenters. The Hall–Kier alpha value is -1.97. The highest BCUT2D eigenvalue weighted by molar-refractivity contribution is 7.86. The number of carbonyl (C=O) groups excluding carboxylic acids is 2. The van der Waals surface area contributed by atoms with Gasteiger partial charge in [0.2, 0.25) is 5.91 Å². The molecule has 0 fully saturated rings. The lowest BCUT2D eigenvalue weighted by atomic mass is 9.87. The standard InChI is InChI=1S/C20H31NO7S/c1-5-26-19(23)18(27-14-17-10-7-6-8-11-17)20(3,4)15-28-29(24,25)13-9-12-21-16(2)22/h6-8,10-11,18H,5,9,12-15H2,1-4H3,(H,21,22)/t18-/m0/s1. The Kier molecular flexibility index (Phi) is 10.3. The maximum atomic E-state index is 12.4. The van der Waals surface area contributed by atoms with Crippen LogP contribution in [0.25, 0.3) is 0 Å². The van der Waals surface area contributed by atoms with E-state index in [1.165, 1.54) is 6.92 Å². The van der Waals surface area contributed by atoms with E-state index in [1.807, 2.05) is 30.3 Å². The lowest BCUT2D eigenvalue weighted by molar-refractivity contribution is -0.168. The van der Waals surface area contributed by atoms with E-state index < -0.39 is 27.6 Å². The summed E-state index contributed by atoms with van der Waals surface area (Å²) in [6.07, 6.45) is -0.772. The SMILES string of the molecule is CCOC(=O)[C@H](OCc1ccccc1)C(C)(C)COS(=O)(=O)CCCNC(C)=O. The van der Waals surface area contributed by atoms with Gasteiger partial charge in [0.05, 0.1) is 25.6 Å². The van der Waals surface area contributed by atoms with E-state index >= 15 is 0 Å². The molecule has 0 bridgehead atoms. The molecular formula is C20H31NO7S. The number of hydrogen-bond acceptors (Lipinski definition) is 7. The third-order valence-electron chi connectivity index (χ3n) is 4.03. The third kappa shape index (κ3) is 9.87. The van der Waals surface area contributed by atoms with Gasteiger partial charge in [0, 0.05) is 18.9 Å². The maximum Gasteiger partial charge on any atom is 0.335 e. The van der Waals surface area contributed by atoms with Crippen LogP contribution in [0.3, 0.4) is 0 Å². The van der Waals surface area contributed by atoms with Gasteiger partial charge in [-0.05, 0) is 18.9 Å². The summed E-state index contributed by atoms with van der Waals surface area (Å²) in [4.78, 5) is 23.2. The summed E-state index contributed by atoms with van der Waals surface area (Å²) in [7, 11) is -3.81. The van der Waals surface area contributed by atoms with Crippen molar-refractivity contribution in [1.29, 1.82) is 0 Å². The van der Waals surface area contributed by atoms with E-state index in [0.29, 0.717) is 0 Å². The van der Waals surface area contributed by atoms with Gasteiger partial charge in [0.15, 0.2) is 6.10 Å². The van der Waals surface area contributed by atoms with Gasteiger partial charge in [-0.3, -0.25) is 8.98 Å². The fourth-order valence-electron chi connectivity index (χ4n) is 2.47. The van der Waals surface area contributed by atoms with Crippen molar-refractivity contribution in [3.63, 3.8) is 0 Å². The Morgan fingerprint density at radius 3 is 2.41 bits per heavy atom. The summed E-state index contributed by atoms with van der Waals surface area (Å²) in [6, 6.07) is 9.33. The van der Waals surface area contributed by atoms with Crippen LogP contribution in [0.15, 0.2) is 30.3 Å². The van der Waals surface area contributed by atoms with E-state index in [0.717, 1.165) is 5.56 Å². The number of hydrogen-bond donors (Lipinski definition) is 1. The van der Waals surface area contributed by atoms with Crippen LogP contribution in [0.2, 0.25) is 0 Å². The molecule has 9 heteroatoms. The first-order valence-corrected chi connectivity index (χ1v) is 11.1. The van der Waals surface area contributed by atoms with E-state index in [2.05, 4.69) is 5.32 Å². The first-order valence-electron chi connectivity index (χ1n) is 9.51. The summed E-state index contributed by atoms with van der Waals surface area (Å²) in [6.45, 7) is 6.78. The molecule has 0 saturated heterocycles. The molecule has 0 unspecified atom stereocenters. The van der Waals surface area contributed by atoms with Crippen LogP contribution < -0.4 is 5.32 Å². The molecule has 1 amide bonds. The van der Waals surface area contributed by atoms with Crippen molar-refractivity contribution in [1.82, 2.24) is 5.32 Å². The van der Waals surface area contributed by atoms with Crippen molar-refractivity contribution in [2.45, 2.75) is 46.8 Å². The second-order valence-corrected chi connectivity index (χ2v) is 9.04. The summed E-state index contributed by atoms with van der Waals surface area (Å²) in [5.41, 5.74) is -0.0738. The highest BCUT2D eigenvalue weighted by Gasteiger charge is 2.39. The van der Waals surface area contributed by atoms with Crippen molar-refractivity contribution in [3.05, 3.63) is 35.9 Å². The van der Waals surface area contributed by atoms with Gasteiger partial charge >= 0.3 is 5.97 Å². The van der Waals surface area contributed by atoms with Crippen molar-refractivity contribution in [2.24, 2.45) is 5.41 Å². The first-order chi connectivity index (χ1) is 13.6. The lowest BCUT2D eigenvalue weighted by Crippen LogP contribution is -2.43. The molecule has 0 aliphatic heterocycles. The second kappa shape index (κ2) is 11.9. The summed E-state index contributed by atoms with van der Waals surface area (Å²) in [5, 5.41) is 2.53. The Labute approximate surface area is 173 Å². The zero-order chi connectivity index (χ0) is 21.9. The summed E-state index contributed by atoms with van der Waals surface area (Å²) < 4.78 is 40.3. The van der Waals surface area contributed by atoms with Crippen LogP contribution >= 0.6 is 0 Å². The Bertz CT molecular complexity index is 747. The zero-order valence-corrected chi connectivity index (χ0v) is 18.3. The number of ether oxygens (including phenoxy) is 2. The number of nitrogens with one attached hydrogen (secondary N) is 1. The molecule has 0 aliphatic carbocycles. The number of amides is 1. The fourth-order valence-corrected chi connectivity index (χ4v) is 3.57. The molecule has 1 aromatic rings. The quantitative estimate of drug-likeness (QED) is 0.290. The minimum Gasteiger partial charge on any atom is -0.464 e. The molecule has 0 radical (unpaired) electrons. The van der Waals surface area contributed by atoms with Crippen LogP contribution in [0.1, 0.15) is 39.7 Å². The topological polar surface area (TPSA) is 108 Å². The zero-order valence-electron chi connectivity index (χ0n) is 17.5. The normalized spacial score (nSPS) is 13.0. The second-order valence-electron chi connectivity index (χ2n) is 7.28. The maximum absolute atomic E-state index is 12.4. The van der Waals surface area contributed by atoms with Crippen LogP contribution in [0.4, 0.5) is 0 Å². The van der Waals surface area contributed by atoms with E-state index in [9.17, 15) is 18.0 Å². The van der Waals surface area contributed by atoms with Gasteiger partial charge < -0.3 is 14.8 Å². The number of benzene rings is 1. The van der Waals surface area contributed by atoms with E-state index in [-0.39, 0.29) is 44.4 Å². The molecule has 0 saturated carbocycles. The average molecular weight is 430 g/mol. The fraction of sp³-hybridized carbons (Fsp3) is 0.600. The van der Waals surface area contributed by atoms with Crippen molar-refractivity contribution < 1.29 is 31.7 Å². The van der Waals surface area contributed by atoms with Crippen LogP contribution in [-0.2, 0) is 40.0 Å². The van der Waals surface area contributed by atoms with Crippen molar-refractivity contribution >= 4 is 22.0 Å². The van der Waals surface area contributed by atoms with Gasteiger partial charge in [0.25, 0.3) is 10.1 Å². The van der Waals surface area contributed by atoms with E-state index in [4.69, 9.17) is 13.7 Å². The molecule has 0 spiro atoms. The first kappa shape index (κ1) is 25.1. The number of esters is 1. The number of rotatable bonds is 13. The molecule has 1 rings (SSSR count). The predicted molar refractivity (Wildman–Crippen MR) is 108 cm³/mol. The Morgan fingerprint density at radius 1 is 1.17 bits per heavy atom. The minimum atomic E-state index is -3.81. The molecule has 1 aromatic carbocycles. The minimum absolute atomic E-state index is 0.178. The molecule has 0 aliphatic rings. The van der Waals surface area contributed by atoms with Crippen molar-refractivity contribution in [3.8, 4) is 0 Å². The Balaban J connectivity index is 2.71. The van der Waals surface area contributed by atoms with Crippen molar-refractivity contribution in [2.75, 3.05) is 25.5 Å². The smallest absolute Gasteiger partial charge is 0.335 e. The van der Waals surface area contributed by atoms with Gasteiger partial charge in [0.1, 0.15) is 0 Å². The van der Waals surface area contributed by atoms with Crippen LogP contribution in [0.5, 0.6) is 0 Å². The molecular weight excluding hydrogens is 398 g/mol. The van der Waals surface area contributed by atoms with Gasteiger partial charge in [-0.1, -0.05) is 44.2 Å². The van der Waals surface area contributed by atoms with Gasteiger partial charge in [-0.25, -0.2) is 4.79 Å².